The third-order valence-corrected chi connectivity index (χ3v) is 4.02. The molecular formula is C20H20N4. The molecule has 2 N–H and O–H groups in total. The van der Waals surface area contributed by atoms with Crippen molar-refractivity contribution in [2.24, 2.45) is 0 Å². The van der Waals surface area contributed by atoms with Crippen LogP contribution in [0, 0.1) is 0 Å². The zero-order chi connectivity index (χ0) is 16.2. The minimum atomic E-state index is 0.526. The lowest BCUT2D eigenvalue weighted by atomic mass is 10.1. The molecule has 0 spiro atoms. The molecule has 4 rings (SSSR count). The Hall–Kier alpha value is -2.88. The summed E-state index contributed by atoms with van der Waals surface area (Å²) >= 11 is 0. The zero-order valence-electron chi connectivity index (χ0n) is 13.4. The summed E-state index contributed by atoms with van der Waals surface area (Å²) in [5, 5.41) is 6.82. The third kappa shape index (κ3) is 3.71. The van der Waals surface area contributed by atoms with Gasteiger partial charge in [0.05, 0.1) is 5.69 Å². The Morgan fingerprint density at radius 3 is 2.29 bits per heavy atom. The molecule has 1 heterocycles. The summed E-state index contributed by atoms with van der Waals surface area (Å²) in [7, 11) is 0. The molecule has 0 bridgehead atoms. The number of nitrogens with zero attached hydrogens (tertiary/aromatic N) is 2. The molecule has 1 aliphatic carbocycles. The van der Waals surface area contributed by atoms with Crippen molar-refractivity contribution in [2.45, 2.75) is 25.4 Å². The van der Waals surface area contributed by atoms with Crippen LogP contribution in [0.15, 0.2) is 66.7 Å². The van der Waals surface area contributed by atoms with E-state index >= 15 is 0 Å². The molecule has 1 saturated carbocycles. The van der Waals surface area contributed by atoms with Gasteiger partial charge in [0.25, 0.3) is 0 Å². The minimum absolute atomic E-state index is 0.526. The van der Waals surface area contributed by atoms with Crippen LogP contribution in [0.3, 0.4) is 0 Å². The number of hydrogen-bond acceptors (Lipinski definition) is 4. The van der Waals surface area contributed by atoms with E-state index in [2.05, 4.69) is 44.9 Å². The molecule has 0 aliphatic heterocycles. The number of hydrogen-bond donors (Lipinski definition) is 2. The first-order valence-electron chi connectivity index (χ1n) is 8.36. The monoisotopic (exact) mass is 316 g/mol. The van der Waals surface area contributed by atoms with Crippen LogP contribution < -0.4 is 10.6 Å². The fourth-order valence-corrected chi connectivity index (χ4v) is 2.56. The van der Waals surface area contributed by atoms with Gasteiger partial charge in [0.15, 0.2) is 0 Å². The Morgan fingerprint density at radius 1 is 0.875 bits per heavy atom. The van der Waals surface area contributed by atoms with Crippen LogP contribution in [-0.2, 0) is 6.54 Å². The molecule has 24 heavy (non-hydrogen) atoms. The Kier molecular flexibility index (Phi) is 4.11. The van der Waals surface area contributed by atoms with E-state index in [1.54, 1.807) is 0 Å². The van der Waals surface area contributed by atoms with Crippen molar-refractivity contribution < 1.29 is 0 Å². The van der Waals surface area contributed by atoms with Gasteiger partial charge in [-0.1, -0.05) is 60.7 Å². The highest BCUT2D eigenvalue weighted by Gasteiger charge is 2.22. The Morgan fingerprint density at radius 2 is 1.58 bits per heavy atom. The molecule has 0 amide bonds. The number of aromatic nitrogens is 2. The van der Waals surface area contributed by atoms with Gasteiger partial charge in [0.1, 0.15) is 5.82 Å². The molecule has 1 fully saturated rings. The van der Waals surface area contributed by atoms with E-state index in [0.717, 1.165) is 23.6 Å². The van der Waals surface area contributed by atoms with Crippen molar-refractivity contribution in [3.63, 3.8) is 0 Å². The molecule has 1 aliphatic rings. The average Bonchev–Trinajstić information content (AvgIpc) is 3.45. The van der Waals surface area contributed by atoms with Gasteiger partial charge in [-0.15, -0.1) is 0 Å². The van der Waals surface area contributed by atoms with Gasteiger partial charge in [-0.3, -0.25) is 0 Å². The quantitative estimate of drug-likeness (QED) is 0.710. The SMILES string of the molecule is c1ccc(CNc2cc(-c3ccccc3)nc(NC3CC3)n2)cc1. The molecule has 0 radical (unpaired) electrons. The fourth-order valence-electron chi connectivity index (χ4n) is 2.56. The van der Waals surface area contributed by atoms with E-state index in [4.69, 9.17) is 0 Å². The summed E-state index contributed by atoms with van der Waals surface area (Å²) in [5.41, 5.74) is 3.26. The lowest BCUT2D eigenvalue weighted by molar-refractivity contribution is 1.04. The van der Waals surface area contributed by atoms with Gasteiger partial charge >= 0.3 is 0 Å². The first-order valence-corrected chi connectivity index (χ1v) is 8.36. The second-order valence-corrected chi connectivity index (χ2v) is 6.09. The summed E-state index contributed by atoms with van der Waals surface area (Å²) < 4.78 is 0. The number of anilines is 2. The van der Waals surface area contributed by atoms with Crippen LogP contribution in [0.1, 0.15) is 18.4 Å². The molecule has 4 nitrogen and oxygen atoms in total. The summed E-state index contributed by atoms with van der Waals surface area (Å²) in [6.45, 7) is 0.745. The van der Waals surface area contributed by atoms with Gasteiger partial charge in [-0.25, -0.2) is 4.98 Å². The molecule has 1 aromatic heterocycles. The standard InChI is InChI=1S/C20H20N4/c1-3-7-15(8-4-1)14-21-19-13-18(16-9-5-2-6-10-16)23-20(24-19)22-17-11-12-17/h1-10,13,17H,11-12,14H2,(H2,21,22,23,24). The average molecular weight is 316 g/mol. The predicted molar refractivity (Wildman–Crippen MR) is 97.9 cm³/mol. The summed E-state index contributed by atoms with van der Waals surface area (Å²) in [4.78, 5) is 9.30. The third-order valence-electron chi connectivity index (χ3n) is 4.02. The molecule has 0 saturated heterocycles. The highest BCUT2D eigenvalue weighted by molar-refractivity contribution is 5.64. The van der Waals surface area contributed by atoms with E-state index in [1.807, 2.05) is 42.5 Å². The van der Waals surface area contributed by atoms with Crippen molar-refractivity contribution in [1.82, 2.24) is 9.97 Å². The summed E-state index contributed by atoms with van der Waals surface area (Å²) in [5.74, 6) is 1.55. The molecule has 120 valence electrons. The molecule has 0 atom stereocenters. The smallest absolute Gasteiger partial charge is 0.225 e. The lowest BCUT2D eigenvalue weighted by Gasteiger charge is -2.11. The Labute approximate surface area is 142 Å². The largest absolute Gasteiger partial charge is 0.366 e. The van der Waals surface area contributed by atoms with Crippen molar-refractivity contribution in [3.05, 3.63) is 72.3 Å². The molecule has 2 aromatic carbocycles. The van der Waals surface area contributed by atoms with E-state index in [0.29, 0.717) is 12.0 Å². The fraction of sp³-hybridized carbons (Fsp3) is 0.200. The maximum Gasteiger partial charge on any atom is 0.225 e. The van der Waals surface area contributed by atoms with Crippen molar-refractivity contribution in [2.75, 3.05) is 10.6 Å². The van der Waals surface area contributed by atoms with Crippen LogP contribution >= 0.6 is 0 Å². The van der Waals surface area contributed by atoms with Crippen molar-refractivity contribution in [1.29, 1.82) is 0 Å². The topological polar surface area (TPSA) is 49.8 Å². The van der Waals surface area contributed by atoms with E-state index < -0.39 is 0 Å². The highest BCUT2D eigenvalue weighted by Crippen LogP contribution is 2.26. The van der Waals surface area contributed by atoms with Gasteiger partial charge in [0, 0.05) is 24.2 Å². The summed E-state index contributed by atoms with van der Waals surface area (Å²) in [6, 6.07) is 23.1. The van der Waals surface area contributed by atoms with Crippen LogP contribution in [0.2, 0.25) is 0 Å². The maximum absolute atomic E-state index is 4.68. The van der Waals surface area contributed by atoms with Gasteiger partial charge in [0.2, 0.25) is 5.95 Å². The first-order chi connectivity index (χ1) is 11.9. The minimum Gasteiger partial charge on any atom is -0.366 e. The van der Waals surface area contributed by atoms with Gasteiger partial charge in [-0.2, -0.15) is 4.98 Å². The van der Waals surface area contributed by atoms with Crippen molar-refractivity contribution in [3.8, 4) is 11.3 Å². The molecule has 4 heteroatoms. The molecular weight excluding hydrogens is 296 g/mol. The predicted octanol–water partition coefficient (Wildman–Crippen LogP) is 4.33. The Bertz CT molecular complexity index is 798. The van der Waals surface area contributed by atoms with Gasteiger partial charge in [-0.05, 0) is 18.4 Å². The normalized spacial score (nSPS) is 13.5. The first kappa shape index (κ1) is 14.7. The van der Waals surface area contributed by atoms with E-state index in [-0.39, 0.29) is 0 Å². The van der Waals surface area contributed by atoms with E-state index in [1.165, 1.54) is 18.4 Å². The maximum atomic E-state index is 4.68. The second-order valence-electron chi connectivity index (χ2n) is 6.09. The van der Waals surface area contributed by atoms with Crippen LogP contribution in [0.25, 0.3) is 11.3 Å². The van der Waals surface area contributed by atoms with Crippen molar-refractivity contribution >= 4 is 11.8 Å². The molecule has 0 unspecified atom stereocenters. The van der Waals surface area contributed by atoms with Crippen LogP contribution in [0.4, 0.5) is 11.8 Å². The van der Waals surface area contributed by atoms with Gasteiger partial charge < -0.3 is 10.6 Å². The number of benzene rings is 2. The highest BCUT2D eigenvalue weighted by atomic mass is 15.2. The second kappa shape index (κ2) is 6.71. The summed E-state index contributed by atoms with van der Waals surface area (Å²) in [6.07, 6.45) is 2.40. The number of nitrogens with one attached hydrogen (secondary N) is 2. The zero-order valence-corrected chi connectivity index (χ0v) is 13.4. The van der Waals surface area contributed by atoms with E-state index in [9.17, 15) is 0 Å². The van der Waals surface area contributed by atoms with Crippen LogP contribution in [0.5, 0.6) is 0 Å². The lowest BCUT2D eigenvalue weighted by Crippen LogP contribution is -2.09. The Balaban J connectivity index is 1.59. The molecule has 3 aromatic rings. The number of rotatable bonds is 6. The van der Waals surface area contributed by atoms with Crippen LogP contribution in [-0.4, -0.2) is 16.0 Å².